The van der Waals surface area contributed by atoms with Gasteiger partial charge in [-0.3, -0.25) is 9.10 Å². The summed E-state index contributed by atoms with van der Waals surface area (Å²) in [4.78, 5) is 12.1. The molecule has 28 heavy (non-hydrogen) atoms. The van der Waals surface area contributed by atoms with Crippen molar-refractivity contribution in [2.24, 2.45) is 5.10 Å². The van der Waals surface area contributed by atoms with Gasteiger partial charge in [-0.2, -0.15) is 5.10 Å². The standard InChI is InChI=1S/C20H24FN3O3S/c1-20(2,3)16-10-8-15(9-11-16)13-22-23-19(25)14-24(28(4,26)27)18-7-5-6-17(21)12-18/h5-13H,14H2,1-4H3,(H,23,25)/b22-13+. The number of sulfonamides is 1. The molecule has 0 aliphatic heterocycles. The number of nitrogens with one attached hydrogen (secondary N) is 1. The van der Waals surface area contributed by atoms with E-state index in [1.165, 1.54) is 30.0 Å². The fraction of sp³-hybridized carbons (Fsp3) is 0.300. The Morgan fingerprint density at radius 1 is 1.18 bits per heavy atom. The molecule has 150 valence electrons. The summed E-state index contributed by atoms with van der Waals surface area (Å²) in [6.45, 7) is 5.83. The van der Waals surface area contributed by atoms with Crippen LogP contribution in [-0.2, 0) is 20.2 Å². The van der Waals surface area contributed by atoms with Crippen LogP contribution in [0.1, 0.15) is 31.9 Å². The lowest BCUT2D eigenvalue weighted by atomic mass is 9.87. The fourth-order valence-electron chi connectivity index (χ4n) is 2.45. The van der Waals surface area contributed by atoms with Gasteiger partial charge in [-0.15, -0.1) is 0 Å². The molecule has 0 aromatic heterocycles. The molecule has 0 atom stereocenters. The summed E-state index contributed by atoms with van der Waals surface area (Å²) >= 11 is 0. The minimum atomic E-state index is -3.77. The molecule has 0 bridgehead atoms. The average Bonchev–Trinajstić information content (AvgIpc) is 2.58. The molecular formula is C20H24FN3O3S. The first-order valence-electron chi connectivity index (χ1n) is 8.62. The Morgan fingerprint density at radius 2 is 1.82 bits per heavy atom. The lowest BCUT2D eigenvalue weighted by Crippen LogP contribution is -2.39. The second kappa shape index (κ2) is 8.52. The molecule has 6 nitrogen and oxygen atoms in total. The highest BCUT2D eigenvalue weighted by molar-refractivity contribution is 7.92. The third-order valence-corrected chi connectivity index (χ3v) is 5.10. The first-order chi connectivity index (χ1) is 13.0. The zero-order chi connectivity index (χ0) is 20.9. The minimum Gasteiger partial charge on any atom is -0.271 e. The number of rotatable bonds is 6. The first kappa shape index (κ1) is 21.6. The van der Waals surface area contributed by atoms with Gasteiger partial charge in [0.1, 0.15) is 12.4 Å². The molecule has 0 fully saturated rings. The summed E-state index contributed by atoms with van der Waals surface area (Å²) in [6, 6.07) is 12.8. The Hall–Kier alpha value is -2.74. The normalized spacial score (nSPS) is 12.2. The third kappa shape index (κ3) is 6.16. The summed E-state index contributed by atoms with van der Waals surface area (Å²) in [7, 11) is -3.77. The quantitative estimate of drug-likeness (QED) is 0.593. The van der Waals surface area contributed by atoms with Crippen molar-refractivity contribution in [2.45, 2.75) is 26.2 Å². The number of hydrazone groups is 1. The number of carbonyl (C=O) groups is 1. The Bertz CT molecular complexity index is 965. The van der Waals surface area contributed by atoms with E-state index in [-0.39, 0.29) is 11.1 Å². The van der Waals surface area contributed by atoms with Crippen molar-refractivity contribution in [2.75, 3.05) is 17.1 Å². The van der Waals surface area contributed by atoms with Gasteiger partial charge in [0, 0.05) is 0 Å². The Labute approximate surface area is 165 Å². The zero-order valence-electron chi connectivity index (χ0n) is 16.3. The largest absolute Gasteiger partial charge is 0.271 e. The first-order valence-corrected chi connectivity index (χ1v) is 10.5. The minimum absolute atomic E-state index is 0.0376. The summed E-state index contributed by atoms with van der Waals surface area (Å²) in [5.41, 5.74) is 4.36. The van der Waals surface area contributed by atoms with E-state index in [1.807, 2.05) is 24.3 Å². The maximum absolute atomic E-state index is 13.4. The highest BCUT2D eigenvalue weighted by atomic mass is 32.2. The van der Waals surface area contributed by atoms with Crippen LogP contribution in [-0.4, -0.2) is 33.3 Å². The molecule has 2 aromatic rings. The van der Waals surface area contributed by atoms with E-state index in [0.29, 0.717) is 0 Å². The van der Waals surface area contributed by atoms with Crippen LogP contribution in [0, 0.1) is 5.82 Å². The number of amides is 1. The van der Waals surface area contributed by atoms with Gasteiger partial charge in [0.25, 0.3) is 5.91 Å². The van der Waals surface area contributed by atoms with E-state index >= 15 is 0 Å². The van der Waals surface area contributed by atoms with Crippen LogP contribution < -0.4 is 9.73 Å². The summed E-state index contributed by atoms with van der Waals surface area (Å²) < 4.78 is 38.2. The number of halogens is 1. The number of hydrogen-bond donors (Lipinski definition) is 1. The lowest BCUT2D eigenvalue weighted by molar-refractivity contribution is -0.119. The van der Waals surface area contributed by atoms with Crippen molar-refractivity contribution in [1.82, 2.24) is 5.43 Å². The lowest BCUT2D eigenvalue weighted by Gasteiger charge is -2.21. The van der Waals surface area contributed by atoms with Gasteiger partial charge in [-0.1, -0.05) is 51.1 Å². The Kier molecular flexibility index (Phi) is 6.56. The topological polar surface area (TPSA) is 78.8 Å². The second-order valence-corrected chi connectivity index (χ2v) is 9.32. The van der Waals surface area contributed by atoms with Crippen LogP contribution in [0.15, 0.2) is 53.6 Å². The van der Waals surface area contributed by atoms with Crippen LogP contribution >= 0.6 is 0 Å². The molecule has 1 amide bonds. The van der Waals surface area contributed by atoms with Crippen LogP contribution in [0.5, 0.6) is 0 Å². The van der Waals surface area contributed by atoms with Gasteiger partial charge in [0.2, 0.25) is 10.0 Å². The van der Waals surface area contributed by atoms with Crippen LogP contribution in [0.4, 0.5) is 10.1 Å². The number of hydrogen-bond acceptors (Lipinski definition) is 4. The van der Waals surface area contributed by atoms with Crippen molar-refractivity contribution < 1.29 is 17.6 Å². The molecule has 0 saturated heterocycles. The van der Waals surface area contributed by atoms with Crippen LogP contribution in [0.25, 0.3) is 0 Å². The zero-order valence-corrected chi connectivity index (χ0v) is 17.1. The molecule has 2 rings (SSSR count). The molecule has 0 aliphatic carbocycles. The van der Waals surface area contributed by atoms with Gasteiger partial charge >= 0.3 is 0 Å². The number of benzene rings is 2. The van der Waals surface area contributed by atoms with Crippen molar-refractivity contribution in [3.63, 3.8) is 0 Å². The fourth-order valence-corrected chi connectivity index (χ4v) is 3.29. The van der Waals surface area contributed by atoms with Gasteiger partial charge in [-0.05, 0) is 34.7 Å². The van der Waals surface area contributed by atoms with Crippen LogP contribution in [0.3, 0.4) is 0 Å². The second-order valence-electron chi connectivity index (χ2n) is 7.41. The van der Waals surface area contributed by atoms with Gasteiger partial charge in [-0.25, -0.2) is 18.2 Å². The van der Waals surface area contributed by atoms with Gasteiger partial charge < -0.3 is 0 Å². The molecule has 8 heteroatoms. The van der Waals surface area contributed by atoms with Gasteiger partial charge in [0.05, 0.1) is 18.2 Å². The van der Waals surface area contributed by atoms with E-state index in [9.17, 15) is 17.6 Å². The van der Waals surface area contributed by atoms with E-state index in [0.717, 1.165) is 22.2 Å². The molecular weight excluding hydrogens is 381 g/mol. The Morgan fingerprint density at radius 3 is 2.36 bits per heavy atom. The number of anilines is 1. The maximum Gasteiger partial charge on any atom is 0.260 e. The van der Waals surface area contributed by atoms with Crippen molar-refractivity contribution >= 4 is 27.8 Å². The average molecular weight is 405 g/mol. The molecule has 0 heterocycles. The van der Waals surface area contributed by atoms with Crippen molar-refractivity contribution in [1.29, 1.82) is 0 Å². The van der Waals surface area contributed by atoms with E-state index in [1.54, 1.807) is 0 Å². The predicted octanol–water partition coefficient (Wildman–Crippen LogP) is 3.04. The number of nitrogens with zero attached hydrogens (tertiary/aromatic N) is 2. The molecule has 1 N–H and O–H groups in total. The molecule has 0 saturated carbocycles. The van der Waals surface area contributed by atoms with Crippen molar-refractivity contribution in [3.05, 3.63) is 65.5 Å². The SMILES string of the molecule is CC(C)(C)c1ccc(/C=N/NC(=O)CN(c2cccc(F)c2)S(C)(=O)=O)cc1. The highest BCUT2D eigenvalue weighted by Crippen LogP contribution is 2.22. The molecule has 0 spiro atoms. The summed E-state index contributed by atoms with van der Waals surface area (Å²) in [6.07, 6.45) is 2.42. The molecule has 0 radical (unpaired) electrons. The monoisotopic (exact) mass is 405 g/mol. The predicted molar refractivity (Wildman–Crippen MR) is 109 cm³/mol. The molecule has 0 unspecified atom stereocenters. The highest BCUT2D eigenvalue weighted by Gasteiger charge is 2.21. The summed E-state index contributed by atoms with van der Waals surface area (Å²) in [5, 5.41) is 3.86. The van der Waals surface area contributed by atoms with E-state index in [2.05, 4.69) is 31.3 Å². The van der Waals surface area contributed by atoms with Crippen molar-refractivity contribution in [3.8, 4) is 0 Å². The van der Waals surface area contributed by atoms with E-state index in [4.69, 9.17) is 0 Å². The van der Waals surface area contributed by atoms with Crippen LogP contribution in [0.2, 0.25) is 0 Å². The van der Waals surface area contributed by atoms with Gasteiger partial charge in [0.15, 0.2) is 0 Å². The maximum atomic E-state index is 13.4. The summed E-state index contributed by atoms with van der Waals surface area (Å²) in [5.74, 6) is -1.24. The number of carbonyl (C=O) groups excluding carboxylic acids is 1. The Balaban J connectivity index is 2.04. The van der Waals surface area contributed by atoms with E-state index < -0.39 is 28.3 Å². The third-order valence-electron chi connectivity index (χ3n) is 3.96. The smallest absolute Gasteiger partial charge is 0.260 e. The molecule has 2 aromatic carbocycles. The molecule has 0 aliphatic rings.